The average Bonchev–Trinajstić information content (AvgIpc) is 3.36. The highest BCUT2D eigenvalue weighted by Gasteiger charge is 2.67. The van der Waals surface area contributed by atoms with Crippen molar-refractivity contribution in [3.8, 4) is 0 Å². The van der Waals surface area contributed by atoms with Crippen molar-refractivity contribution in [3.63, 3.8) is 0 Å². The van der Waals surface area contributed by atoms with Crippen LogP contribution in [0.2, 0.25) is 0 Å². The summed E-state index contributed by atoms with van der Waals surface area (Å²) in [6.45, 7) is 0.182. The van der Waals surface area contributed by atoms with Crippen molar-refractivity contribution in [1.82, 2.24) is 10.2 Å². The van der Waals surface area contributed by atoms with E-state index in [4.69, 9.17) is 5.73 Å². The Morgan fingerprint density at radius 3 is 2.42 bits per heavy atom. The Kier molecular flexibility index (Phi) is 7.48. The zero-order valence-corrected chi connectivity index (χ0v) is 19.2. The normalized spacial score (nSPS) is 16.9. The van der Waals surface area contributed by atoms with Crippen molar-refractivity contribution < 1.29 is 27.2 Å². The number of halogens is 4. The molecule has 0 unspecified atom stereocenters. The molecule has 0 spiro atoms. The van der Waals surface area contributed by atoms with E-state index in [2.05, 4.69) is 5.32 Å². The quantitative estimate of drug-likeness (QED) is 0.498. The van der Waals surface area contributed by atoms with Crippen LogP contribution in [0, 0.1) is 11.2 Å². The Hall–Kier alpha value is -2.46. The van der Waals surface area contributed by atoms with Gasteiger partial charge in [-0.3, -0.25) is 9.59 Å². The largest absolute Gasteiger partial charge is 0.395 e. The summed E-state index contributed by atoms with van der Waals surface area (Å²) in [4.78, 5) is 26.3. The standard InChI is InChI=1S/C23H27F4N3O2S/c1-30(2)15(10-14-5-6-16(21(28)32)18(24)11-14)13-29-20(31)12-17(19-4-3-9-33-19)22(7-8-22)23(25,26)27/h3-6,9,11,15,17H,7-8,10,12-13H2,1-2H3,(H2,28,32)(H,29,31)/t15-,17-/m0/s1. The van der Waals surface area contributed by atoms with Crippen molar-refractivity contribution in [1.29, 1.82) is 0 Å². The summed E-state index contributed by atoms with van der Waals surface area (Å²) < 4.78 is 55.4. The zero-order valence-electron chi connectivity index (χ0n) is 18.4. The molecule has 0 radical (unpaired) electrons. The number of likely N-dealkylation sites (N-methyl/N-ethyl adjacent to an activating group) is 1. The minimum Gasteiger partial charge on any atom is -0.366 e. The van der Waals surface area contributed by atoms with Gasteiger partial charge in [0, 0.05) is 29.8 Å². The molecule has 3 rings (SSSR count). The van der Waals surface area contributed by atoms with E-state index < -0.39 is 35.1 Å². The predicted octanol–water partition coefficient (Wildman–Crippen LogP) is 4.09. The molecule has 1 aromatic heterocycles. The highest BCUT2D eigenvalue weighted by Crippen LogP contribution is 2.66. The number of carbonyl (C=O) groups excluding carboxylic acids is 2. The average molecular weight is 486 g/mol. The predicted molar refractivity (Wildman–Crippen MR) is 119 cm³/mol. The van der Waals surface area contributed by atoms with Gasteiger partial charge >= 0.3 is 6.18 Å². The van der Waals surface area contributed by atoms with E-state index in [0.717, 1.165) is 0 Å². The summed E-state index contributed by atoms with van der Waals surface area (Å²) in [6.07, 6.45) is -4.19. The molecule has 1 saturated carbocycles. The van der Waals surface area contributed by atoms with Gasteiger partial charge in [0.1, 0.15) is 5.82 Å². The molecule has 10 heteroatoms. The van der Waals surface area contributed by atoms with Gasteiger partial charge in [0.15, 0.2) is 0 Å². The zero-order chi connectivity index (χ0) is 24.4. The fraction of sp³-hybridized carbons (Fsp3) is 0.478. The van der Waals surface area contributed by atoms with Crippen LogP contribution in [-0.2, 0) is 11.2 Å². The van der Waals surface area contributed by atoms with Crippen molar-refractivity contribution >= 4 is 23.2 Å². The third-order valence-electron chi connectivity index (χ3n) is 6.33. The maximum atomic E-state index is 14.1. The van der Waals surface area contributed by atoms with Crippen LogP contribution in [0.5, 0.6) is 0 Å². The van der Waals surface area contributed by atoms with Crippen molar-refractivity contribution in [3.05, 3.63) is 57.5 Å². The van der Waals surface area contributed by atoms with E-state index in [9.17, 15) is 27.2 Å². The van der Waals surface area contributed by atoms with E-state index in [1.54, 1.807) is 37.7 Å². The first-order chi connectivity index (χ1) is 15.4. The van der Waals surface area contributed by atoms with Crippen LogP contribution in [0.25, 0.3) is 0 Å². The third-order valence-corrected chi connectivity index (χ3v) is 7.32. The Bertz CT molecular complexity index is 988. The summed E-state index contributed by atoms with van der Waals surface area (Å²) in [5, 5.41) is 4.48. The molecular formula is C23H27F4N3O2S. The molecule has 1 aliphatic carbocycles. The summed E-state index contributed by atoms with van der Waals surface area (Å²) in [5.74, 6) is -2.94. The number of amides is 2. The molecule has 1 heterocycles. The van der Waals surface area contributed by atoms with Crippen LogP contribution in [-0.4, -0.2) is 49.6 Å². The Labute approximate surface area is 194 Å². The SMILES string of the molecule is CN(C)[C@H](CNC(=O)C[C@@H](c1cccs1)C1(C(F)(F)F)CC1)Cc1ccc(C(N)=O)c(F)c1. The number of primary amides is 1. The minimum absolute atomic E-state index is 0.0273. The molecular weight excluding hydrogens is 458 g/mol. The molecule has 180 valence electrons. The second-order valence-corrected chi connectivity index (χ2v) is 9.71. The summed E-state index contributed by atoms with van der Waals surface area (Å²) in [7, 11) is 3.59. The first kappa shape index (κ1) is 25.2. The molecule has 1 aliphatic rings. The van der Waals surface area contributed by atoms with Crippen LogP contribution in [0.3, 0.4) is 0 Å². The van der Waals surface area contributed by atoms with Crippen molar-refractivity contribution in [2.45, 2.75) is 43.8 Å². The van der Waals surface area contributed by atoms with Crippen molar-refractivity contribution in [2.24, 2.45) is 11.1 Å². The van der Waals surface area contributed by atoms with Gasteiger partial charge in [0.2, 0.25) is 5.91 Å². The number of hydrogen-bond donors (Lipinski definition) is 2. The smallest absolute Gasteiger partial charge is 0.366 e. The lowest BCUT2D eigenvalue weighted by Crippen LogP contribution is -2.42. The first-order valence-electron chi connectivity index (χ1n) is 10.6. The van der Waals surface area contributed by atoms with Crippen LogP contribution in [0.4, 0.5) is 17.6 Å². The highest BCUT2D eigenvalue weighted by atomic mass is 32.1. The number of nitrogens with zero attached hydrogens (tertiary/aromatic N) is 1. The van der Waals surface area contributed by atoms with Gasteiger partial charge in [-0.05, 0) is 62.5 Å². The van der Waals surface area contributed by atoms with Gasteiger partial charge in [0.05, 0.1) is 11.0 Å². The number of alkyl halides is 3. The summed E-state index contributed by atoms with van der Waals surface area (Å²) >= 11 is 1.23. The van der Waals surface area contributed by atoms with Crippen LogP contribution >= 0.6 is 11.3 Å². The molecule has 33 heavy (non-hydrogen) atoms. The number of thiophene rings is 1. The van der Waals surface area contributed by atoms with E-state index in [1.807, 2.05) is 4.90 Å². The number of hydrogen-bond acceptors (Lipinski definition) is 4. The van der Waals surface area contributed by atoms with Crippen LogP contribution in [0.15, 0.2) is 35.7 Å². The molecule has 0 aliphatic heterocycles. The molecule has 1 fully saturated rings. The number of benzene rings is 1. The number of nitrogens with two attached hydrogens (primary N) is 1. The van der Waals surface area contributed by atoms with Gasteiger partial charge in [-0.2, -0.15) is 13.2 Å². The second kappa shape index (κ2) is 9.80. The van der Waals surface area contributed by atoms with Gasteiger partial charge in [-0.25, -0.2) is 4.39 Å². The Morgan fingerprint density at radius 2 is 1.94 bits per heavy atom. The third kappa shape index (κ3) is 5.73. The van der Waals surface area contributed by atoms with Crippen LogP contribution in [0.1, 0.15) is 46.0 Å². The molecule has 1 aromatic carbocycles. The fourth-order valence-corrected chi connectivity index (χ4v) is 5.05. The van der Waals surface area contributed by atoms with Crippen molar-refractivity contribution in [2.75, 3.05) is 20.6 Å². The topological polar surface area (TPSA) is 75.4 Å². The Balaban J connectivity index is 1.66. The number of nitrogens with one attached hydrogen (secondary N) is 1. The molecule has 0 saturated heterocycles. The van der Waals surface area contributed by atoms with E-state index in [1.165, 1.54) is 23.5 Å². The van der Waals surface area contributed by atoms with Gasteiger partial charge in [-0.15, -0.1) is 11.3 Å². The Morgan fingerprint density at radius 1 is 1.24 bits per heavy atom. The van der Waals surface area contributed by atoms with E-state index >= 15 is 0 Å². The number of carbonyl (C=O) groups is 2. The minimum atomic E-state index is -4.37. The lowest BCUT2D eigenvalue weighted by atomic mass is 9.84. The van der Waals surface area contributed by atoms with Crippen LogP contribution < -0.4 is 11.1 Å². The van der Waals surface area contributed by atoms with Gasteiger partial charge in [-0.1, -0.05) is 12.1 Å². The molecule has 3 N–H and O–H groups in total. The first-order valence-corrected chi connectivity index (χ1v) is 11.4. The van der Waals surface area contributed by atoms with E-state index in [-0.39, 0.29) is 37.4 Å². The second-order valence-electron chi connectivity index (χ2n) is 8.73. The molecule has 0 bridgehead atoms. The lowest BCUT2D eigenvalue weighted by Gasteiger charge is -2.29. The fourth-order valence-electron chi connectivity index (χ4n) is 4.11. The molecule has 2 amide bonds. The molecule has 5 nitrogen and oxygen atoms in total. The summed E-state index contributed by atoms with van der Waals surface area (Å²) in [6, 6.07) is 7.25. The maximum absolute atomic E-state index is 14.1. The van der Waals surface area contributed by atoms with Gasteiger partial charge in [0.25, 0.3) is 5.91 Å². The molecule has 2 aromatic rings. The maximum Gasteiger partial charge on any atom is 0.395 e. The lowest BCUT2D eigenvalue weighted by molar-refractivity contribution is -0.194. The van der Waals surface area contributed by atoms with E-state index in [0.29, 0.717) is 16.9 Å². The van der Waals surface area contributed by atoms with Gasteiger partial charge < -0.3 is 16.0 Å². The monoisotopic (exact) mass is 485 g/mol. The molecule has 2 atom stereocenters. The summed E-state index contributed by atoms with van der Waals surface area (Å²) in [5.41, 5.74) is 3.70. The number of rotatable bonds is 10. The highest BCUT2D eigenvalue weighted by molar-refractivity contribution is 7.10.